The summed E-state index contributed by atoms with van der Waals surface area (Å²) in [6.45, 7) is 1.97. The summed E-state index contributed by atoms with van der Waals surface area (Å²) in [6, 6.07) is 13.1. The fourth-order valence-corrected chi connectivity index (χ4v) is 2.99. The number of hydrogen-bond acceptors (Lipinski definition) is 4. The van der Waals surface area contributed by atoms with Gasteiger partial charge in [-0.05, 0) is 42.8 Å². The van der Waals surface area contributed by atoms with E-state index in [9.17, 15) is 9.59 Å². The van der Waals surface area contributed by atoms with Gasteiger partial charge >= 0.3 is 0 Å². The monoisotopic (exact) mass is 354 g/mol. The molecule has 0 spiro atoms. The van der Waals surface area contributed by atoms with E-state index >= 15 is 0 Å². The van der Waals surface area contributed by atoms with Crippen LogP contribution >= 0.6 is 11.8 Å². The van der Waals surface area contributed by atoms with Crippen LogP contribution in [0, 0.1) is 6.92 Å². The molecule has 0 saturated carbocycles. The van der Waals surface area contributed by atoms with Gasteiger partial charge in [-0.1, -0.05) is 12.1 Å². The highest BCUT2D eigenvalue weighted by Gasteiger charge is 2.07. The molecule has 0 saturated heterocycles. The summed E-state index contributed by atoms with van der Waals surface area (Å²) in [4.78, 5) is 23.9. The van der Waals surface area contributed by atoms with Crippen LogP contribution < -0.4 is 10.6 Å². The van der Waals surface area contributed by atoms with Gasteiger partial charge in [-0.15, -0.1) is 11.8 Å². The first-order valence-corrected chi connectivity index (χ1v) is 8.93. The second kappa shape index (κ2) is 7.85. The number of fused-ring (bicyclic) bond motifs is 1. The Bertz CT molecular complexity index is 907. The summed E-state index contributed by atoms with van der Waals surface area (Å²) in [5.74, 6) is 0.173. The van der Waals surface area contributed by atoms with Crippen molar-refractivity contribution in [1.29, 1.82) is 0 Å². The number of anilines is 2. The molecule has 0 atom stereocenters. The van der Waals surface area contributed by atoms with Crippen molar-refractivity contribution in [3.05, 3.63) is 54.2 Å². The molecule has 3 aromatic rings. The second-order valence-electron chi connectivity index (χ2n) is 5.63. The fraction of sp³-hybridized carbons (Fsp3) is 0.167. The Labute approximate surface area is 149 Å². The number of rotatable bonds is 6. The number of nitrogens with one attached hydrogen (secondary N) is 3. The Kier molecular flexibility index (Phi) is 5.35. The number of hydrogen-bond donors (Lipinski definition) is 3. The van der Waals surface area contributed by atoms with Gasteiger partial charge in [0.25, 0.3) is 0 Å². The maximum absolute atomic E-state index is 12.0. The van der Waals surface area contributed by atoms with Crippen molar-refractivity contribution in [2.75, 3.05) is 22.1 Å². The quantitative estimate of drug-likeness (QED) is 0.634. The van der Waals surface area contributed by atoms with E-state index in [0.29, 0.717) is 5.69 Å². The molecule has 0 aliphatic heterocycles. The third-order valence-corrected chi connectivity index (χ3v) is 4.42. The van der Waals surface area contributed by atoms with Crippen molar-refractivity contribution in [1.82, 2.24) is 10.2 Å². The lowest BCUT2D eigenvalue weighted by molar-refractivity contribution is -0.114. The average molecular weight is 354 g/mol. The lowest BCUT2D eigenvalue weighted by Gasteiger charge is -2.07. The van der Waals surface area contributed by atoms with Crippen LogP contribution in [0.5, 0.6) is 0 Å². The van der Waals surface area contributed by atoms with E-state index in [0.717, 1.165) is 22.2 Å². The van der Waals surface area contributed by atoms with Crippen molar-refractivity contribution in [3.8, 4) is 0 Å². The third kappa shape index (κ3) is 4.84. The minimum atomic E-state index is -0.142. The van der Waals surface area contributed by atoms with Crippen LogP contribution in [0.2, 0.25) is 0 Å². The van der Waals surface area contributed by atoms with E-state index in [1.807, 2.05) is 49.4 Å². The molecule has 0 fully saturated rings. The molecule has 2 aromatic carbocycles. The van der Waals surface area contributed by atoms with Gasteiger partial charge in [-0.25, -0.2) is 0 Å². The van der Waals surface area contributed by atoms with Crippen LogP contribution in [0.4, 0.5) is 11.4 Å². The van der Waals surface area contributed by atoms with Crippen molar-refractivity contribution in [2.24, 2.45) is 0 Å². The number of amides is 2. The first-order chi connectivity index (χ1) is 12.1. The van der Waals surface area contributed by atoms with Gasteiger partial charge in [0.1, 0.15) is 0 Å². The molecule has 0 bridgehead atoms. The summed E-state index contributed by atoms with van der Waals surface area (Å²) in [6.07, 6.45) is 1.70. The number of aromatic amines is 1. The molecule has 25 heavy (non-hydrogen) atoms. The van der Waals surface area contributed by atoms with Gasteiger partial charge in [-0.3, -0.25) is 14.7 Å². The van der Waals surface area contributed by atoms with Crippen LogP contribution in [0.25, 0.3) is 10.9 Å². The number of aryl methyl sites for hydroxylation is 1. The first-order valence-electron chi connectivity index (χ1n) is 7.77. The van der Waals surface area contributed by atoms with Crippen LogP contribution in [0.1, 0.15) is 5.56 Å². The number of H-pyrrole nitrogens is 1. The van der Waals surface area contributed by atoms with Gasteiger partial charge in [0.2, 0.25) is 11.8 Å². The molecule has 3 rings (SSSR count). The lowest BCUT2D eigenvalue weighted by Crippen LogP contribution is -2.18. The van der Waals surface area contributed by atoms with Crippen molar-refractivity contribution in [3.63, 3.8) is 0 Å². The molecule has 0 aliphatic rings. The van der Waals surface area contributed by atoms with E-state index in [1.165, 1.54) is 11.8 Å². The minimum Gasteiger partial charge on any atom is -0.325 e. The molecule has 0 aliphatic carbocycles. The highest BCUT2D eigenvalue weighted by atomic mass is 32.2. The van der Waals surface area contributed by atoms with Gasteiger partial charge < -0.3 is 10.6 Å². The highest BCUT2D eigenvalue weighted by Crippen LogP contribution is 2.17. The zero-order valence-electron chi connectivity index (χ0n) is 13.7. The SMILES string of the molecule is Cc1cccc(NC(=O)CSCC(=O)Nc2ccc3[nH]ncc3c2)c1. The van der Waals surface area contributed by atoms with Gasteiger partial charge in [0.05, 0.1) is 23.2 Å². The number of aromatic nitrogens is 2. The summed E-state index contributed by atoms with van der Waals surface area (Å²) < 4.78 is 0. The van der Waals surface area contributed by atoms with E-state index in [2.05, 4.69) is 20.8 Å². The maximum atomic E-state index is 12.0. The summed E-state index contributed by atoms with van der Waals surface area (Å²) in [7, 11) is 0. The van der Waals surface area contributed by atoms with E-state index in [1.54, 1.807) is 6.20 Å². The Hall–Kier alpha value is -2.80. The highest BCUT2D eigenvalue weighted by molar-refractivity contribution is 8.00. The number of thioether (sulfide) groups is 1. The Morgan fingerprint density at radius 1 is 1.04 bits per heavy atom. The molecule has 7 heteroatoms. The summed E-state index contributed by atoms with van der Waals surface area (Å²) in [5.41, 5.74) is 3.48. The smallest absolute Gasteiger partial charge is 0.234 e. The van der Waals surface area contributed by atoms with Gasteiger partial charge in [0.15, 0.2) is 0 Å². The lowest BCUT2D eigenvalue weighted by atomic mass is 10.2. The predicted octanol–water partition coefficient (Wildman–Crippen LogP) is 3.18. The summed E-state index contributed by atoms with van der Waals surface area (Å²) in [5, 5.41) is 13.4. The van der Waals surface area contributed by atoms with Crippen molar-refractivity contribution in [2.45, 2.75) is 6.92 Å². The zero-order chi connectivity index (χ0) is 17.6. The molecule has 6 nitrogen and oxygen atoms in total. The first kappa shape index (κ1) is 17.0. The maximum Gasteiger partial charge on any atom is 0.234 e. The number of nitrogens with zero attached hydrogens (tertiary/aromatic N) is 1. The zero-order valence-corrected chi connectivity index (χ0v) is 14.5. The molecular weight excluding hydrogens is 336 g/mol. The minimum absolute atomic E-state index is 0.122. The van der Waals surface area contributed by atoms with Crippen LogP contribution in [0.3, 0.4) is 0 Å². The average Bonchev–Trinajstić information content (AvgIpc) is 3.02. The fourth-order valence-electron chi connectivity index (χ4n) is 2.37. The molecule has 3 N–H and O–H groups in total. The molecular formula is C18H18N4O2S. The van der Waals surface area contributed by atoms with Crippen LogP contribution in [0.15, 0.2) is 48.7 Å². The Balaban J connectivity index is 1.43. The van der Waals surface area contributed by atoms with E-state index in [-0.39, 0.29) is 23.3 Å². The second-order valence-corrected chi connectivity index (χ2v) is 6.62. The van der Waals surface area contributed by atoms with Crippen molar-refractivity contribution < 1.29 is 9.59 Å². The normalized spacial score (nSPS) is 10.6. The van der Waals surface area contributed by atoms with Crippen LogP contribution in [-0.2, 0) is 9.59 Å². The Morgan fingerprint density at radius 2 is 1.76 bits per heavy atom. The standard InChI is InChI=1S/C18H18N4O2S/c1-12-3-2-4-14(7-12)20-17(23)10-25-11-18(24)21-15-5-6-16-13(8-15)9-19-22-16/h2-9H,10-11H2,1H3,(H,19,22)(H,20,23)(H,21,24). The molecule has 1 aromatic heterocycles. The molecule has 128 valence electrons. The third-order valence-electron chi connectivity index (χ3n) is 3.49. The molecule has 1 heterocycles. The largest absolute Gasteiger partial charge is 0.325 e. The van der Waals surface area contributed by atoms with Gasteiger partial charge in [0, 0.05) is 16.8 Å². The topological polar surface area (TPSA) is 86.9 Å². The summed E-state index contributed by atoms with van der Waals surface area (Å²) >= 11 is 1.27. The Morgan fingerprint density at radius 3 is 2.48 bits per heavy atom. The van der Waals surface area contributed by atoms with Crippen LogP contribution in [-0.4, -0.2) is 33.5 Å². The molecule has 0 radical (unpaired) electrons. The van der Waals surface area contributed by atoms with Gasteiger partial charge in [-0.2, -0.15) is 5.10 Å². The predicted molar refractivity (Wildman–Crippen MR) is 102 cm³/mol. The number of carbonyl (C=O) groups excluding carboxylic acids is 2. The number of benzene rings is 2. The number of carbonyl (C=O) groups is 2. The van der Waals surface area contributed by atoms with E-state index in [4.69, 9.17) is 0 Å². The van der Waals surface area contributed by atoms with E-state index < -0.39 is 0 Å². The molecule has 2 amide bonds. The van der Waals surface area contributed by atoms with Crippen molar-refractivity contribution >= 4 is 45.9 Å². The molecule has 0 unspecified atom stereocenters.